The molecule has 2 atom stereocenters. The maximum atomic E-state index is 8.89. The Morgan fingerprint density at radius 1 is 1.65 bits per heavy atom. The molecule has 1 aliphatic heterocycles. The summed E-state index contributed by atoms with van der Waals surface area (Å²) in [5.41, 5.74) is 0.464. The number of nitriles is 1. The van der Waals surface area contributed by atoms with Crippen LogP contribution in [0.4, 0.5) is 5.82 Å². The third kappa shape index (κ3) is 2.87. The summed E-state index contributed by atoms with van der Waals surface area (Å²) in [5.74, 6) is 0.616. The molecule has 5 heteroatoms. The van der Waals surface area contributed by atoms with Crippen LogP contribution in [0.25, 0.3) is 0 Å². The van der Waals surface area contributed by atoms with E-state index < -0.39 is 0 Å². The van der Waals surface area contributed by atoms with E-state index in [1.165, 1.54) is 0 Å². The molecule has 0 saturated carbocycles. The molecule has 90 valence electrons. The summed E-state index contributed by atoms with van der Waals surface area (Å²) in [6.07, 6.45) is 3.69. The number of hydrogen-bond donors (Lipinski definition) is 2. The molecule has 1 fully saturated rings. The van der Waals surface area contributed by atoms with Crippen LogP contribution in [0.5, 0.6) is 0 Å². The van der Waals surface area contributed by atoms with Crippen molar-refractivity contribution < 1.29 is 0 Å². The molecule has 0 aliphatic carbocycles. The van der Waals surface area contributed by atoms with Crippen molar-refractivity contribution in [3.8, 4) is 6.07 Å². The molecule has 1 aromatic heterocycles. The quantitative estimate of drug-likeness (QED) is 0.845. The van der Waals surface area contributed by atoms with Crippen molar-refractivity contribution in [1.29, 1.82) is 5.26 Å². The van der Waals surface area contributed by atoms with Gasteiger partial charge in [0.1, 0.15) is 16.9 Å². The lowest BCUT2D eigenvalue weighted by atomic mass is 10.0. The van der Waals surface area contributed by atoms with E-state index in [2.05, 4.69) is 28.6 Å². The van der Waals surface area contributed by atoms with Crippen LogP contribution in [0.2, 0.25) is 5.02 Å². The summed E-state index contributed by atoms with van der Waals surface area (Å²) in [7, 11) is 0. The standard InChI is InChI=1S/C12H15ClN4/c1-8-6-10(3-5-15-8)17-12-11(13)9(7-14)2-4-16-12/h2,4,8,10,15H,3,5-6H2,1H3,(H,16,17). The fourth-order valence-corrected chi connectivity index (χ4v) is 2.30. The van der Waals surface area contributed by atoms with Gasteiger partial charge in [-0.1, -0.05) is 11.6 Å². The SMILES string of the molecule is CC1CC(Nc2nccc(C#N)c2Cl)CCN1. The number of pyridine rings is 1. The number of anilines is 1. The van der Waals surface area contributed by atoms with E-state index in [4.69, 9.17) is 16.9 Å². The second-order valence-corrected chi connectivity index (χ2v) is 4.73. The molecule has 2 N–H and O–H groups in total. The first-order valence-corrected chi connectivity index (χ1v) is 6.13. The Labute approximate surface area is 106 Å². The molecule has 4 nitrogen and oxygen atoms in total. The molecule has 0 amide bonds. The van der Waals surface area contributed by atoms with Gasteiger partial charge in [-0.25, -0.2) is 4.98 Å². The molecule has 0 spiro atoms. The van der Waals surface area contributed by atoms with Gasteiger partial charge in [-0.05, 0) is 32.4 Å². The Hall–Kier alpha value is -1.31. The molecule has 1 aromatic rings. The molecule has 0 aromatic carbocycles. The third-order valence-electron chi connectivity index (χ3n) is 2.97. The predicted molar refractivity (Wildman–Crippen MR) is 68.1 cm³/mol. The Bertz CT molecular complexity index is 441. The number of nitrogens with one attached hydrogen (secondary N) is 2. The summed E-state index contributed by atoms with van der Waals surface area (Å²) in [6.45, 7) is 3.16. The van der Waals surface area contributed by atoms with Gasteiger partial charge in [0, 0.05) is 18.3 Å². The van der Waals surface area contributed by atoms with Crippen molar-refractivity contribution in [2.24, 2.45) is 0 Å². The predicted octanol–water partition coefficient (Wildman–Crippen LogP) is 2.16. The minimum atomic E-state index is 0.366. The first kappa shape index (κ1) is 12.2. The highest BCUT2D eigenvalue weighted by atomic mass is 35.5. The van der Waals surface area contributed by atoms with Crippen LogP contribution in [0.3, 0.4) is 0 Å². The van der Waals surface area contributed by atoms with Crippen LogP contribution in [-0.2, 0) is 0 Å². The largest absolute Gasteiger partial charge is 0.366 e. The zero-order valence-electron chi connectivity index (χ0n) is 9.70. The van der Waals surface area contributed by atoms with E-state index in [0.29, 0.717) is 28.5 Å². The average molecular weight is 251 g/mol. The van der Waals surface area contributed by atoms with Crippen molar-refractivity contribution in [1.82, 2.24) is 10.3 Å². The second-order valence-electron chi connectivity index (χ2n) is 4.35. The number of hydrogen-bond acceptors (Lipinski definition) is 4. The molecule has 1 saturated heterocycles. The van der Waals surface area contributed by atoms with Gasteiger partial charge >= 0.3 is 0 Å². The molecule has 2 unspecified atom stereocenters. The maximum absolute atomic E-state index is 8.89. The van der Waals surface area contributed by atoms with E-state index >= 15 is 0 Å². The molecule has 2 heterocycles. The molecular weight excluding hydrogens is 236 g/mol. The summed E-state index contributed by atoms with van der Waals surface area (Å²) >= 11 is 6.10. The zero-order valence-corrected chi connectivity index (χ0v) is 10.5. The van der Waals surface area contributed by atoms with Crippen molar-refractivity contribution >= 4 is 17.4 Å². The molecule has 0 bridgehead atoms. The van der Waals surface area contributed by atoms with Crippen LogP contribution in [0.15, 0.2) is 12.3 Å². The van der Waals surface area contributed by atoms with Gasteiger partial charge in [-0.15, -0.1) is 0 Å². The highest BCUT2D eigenvalue weighted by Crippen LogP contribution is 2.25. The lowest BCUT2D eigenvalue weighted by molar-refractivity contribution is 0.396. The van der Waals surface area contributed by atoms with E-state index in [0.717, 1.165) is 19.4 Å². The highest BCUT2D eigenvalue weighted by Gasteiger charge is 2.19. The molecule has 17 heavy (non-hydrogen) atoms. The van der Waals surface area contributed by atoms with Crippen LogP contribution < -0.4 is 10.6 Å². The normalized spacial score (nSPS) is 24.1. The first-order valence-electron chi connectivity index (χ1n) is 5.75. The van der Waals surface area contributed by atoms with Gasteiger partial charge < -0.3 is 10.6 Å². The lowest BCUT2D eigenvalue weighted by Crippen LogP contribution is -2.41. The van der Waals surface area contributed by atoms with E-state index in [9.17, 15) is 0 Å². The number of rotatable bonds is 2. The number of aromatic nitrogens is 1. The number of halogens is 1. The van der Waals surface area contributed by atoms with Crippen LogP contribution in [0.1, 0.15) is 25.3 Å². The molecule has 1 aliphatic rings. The van der Waals surface area contributed by atoms with E-state index in [1.54, 1.807) is 12.3 Å². The summed E-state index contributed by atoms with van der Waals surface area (Å²) in [5, 5.41) is 16.0. The van der Waals surface area contributed by atoms with Crippen LogP contribution in [-0.4, -0.2) is 23.6 Å². The van der Waals surface area contributed by atoms with Gasteiger partial charge in [0.15, 0.2) is 0 Å². The van der Waals surface area contributed by atoms with Crippen molar-refractivity contribution in [2.75, 3.05) is 11.9 Å². The van der Waals surface area contributed by atoms with Gasteiger partial charge in [0.25, 0.3) is 0 Å². The van der Waals surface area contributed by atoms with Crippen molar-refractivity contribution in [3.63, 3.8) is 0 Å². The smallest absolute Gasteiger partial charge is 0.146 e. The number of nitrogens with zero attached hydrogens (tertiary/aromatic N) is 2. The van der Waals surface area contributed by atoms with Gasteiger partial charge in [-0.3, -0.25) is 0 Å². The van der Waals surface area contributed by atoms with Crippen molar-refractivity contribution in [2.45, 2.75) is 31.8 Å². The Kier molecular flexibility index (Phi) is 3.82. The fourth-order valence-electron chi connectivity index (χ4n) is 2.09. The Balaban J connectivity index is 2.11. The minimum Gasteiger partial charge on any atom is -0.366 e. The lowest BCUT2D eigenvalue weighted by Gasteiger charge is -2.29. The third-order valence-corrected chi connectivity index (χ3v) is 3.36. The van der Waals surface area contributed by atoms with Gasteiger partial charge in [0.2, 0.25) is 0 Å². The second kappa shape index (κ2) is 5.35. The first-order chi connectivity index (χ1) is 8.20. The monoisotopic (exact) mass is 250 g/mol. The summed E-state index contributed by atoms with van der Waals surface area (Å²) in [4.78, 5) is 4.19. The highest BCUT2D eigenvalue weighted by molar-refractivity contribution is 6.34. The van der Waals surface area contributed by atoms with Gasteiger partial charge in [-0.2, -0.15) is 5.26 Å². The fraction of sp³-hybridized carbons (Fsp3) is 0.500. The molecular formula is C12H15ClN4. The van der Waals surface area contributed by atoms with Crippen LogP contribution >= 0.6 is 11.6 Å². The van der Waals surface area contributed by atoms with E-state index in [-0.39, 0.29) is 0 Å². The number of piperidine rings is 1. The van der Waals surface area contributed by atoms with Gasteiger partial charge in [0.05, 0.1) is 5.56 Å². The van der Waals surface area contributed by atoms with Crippen LogP contribution in [0, 0.1) is 11.3 Å². The zero-order chi connectivity index (χ0) is 12.3. The molecule has 2 rings (SSSR count). The maximum Gasteiger partial charge on any atom is 0.146 e. The molecule has 0 radical (unpaired) electrons. The Morgan fingerprint density at radius 3 is 3.18 bits per heavy atom. The summed E-state index contributed by atoms with van der Waals surface area (Å²) < 4.78 is 0. The van der Waals surface area contributed by atoms with E-state index in [1.807, 2.05) is 0 Å². The topological polar surface area (TPSA) is 60.7 Å². The minimum absolute atomic E-state index is 0.366. The Morgan fingerprint density at radius 2 is 2.47 bits per heavy atom. The van der Waals surface area contributed by atoms with Crippen molar-refractivity contribution in [3.05, 3.63) is 22.8 Å². The summed E-state index contributed by atoms with van der Waals surface area (Å²) in [6, 6.07) is 4.55. The average Bonchev–Trinajstić information content (AvgIpc) is 2.32.